The fraction of sp³-hybridized carbons (Fsp3) is 0.267. The van der Waals surface area contributed by atoms with Gasteiger partial charge in [0.15, 0.2) is 0 Å². The highest BCUT2D eigenvalue weighted by Crippen LogP contribution is 2.15. The maximum atomic E-state index is 12.3. The van der Waals surface area contributed by atoms with Gasteiger partial charge in [-0.05, 0) is 25.5 Å². The minimum absolute atomic E-state index is 0.0244. The SMILES string of the molecule is CC(C)n1ccn(-c2ccccc2/C=C/CN)c1=O. The molecular formula is C15H19N3O. The monoisotopic (exact) mass is 257 g/mol. The van der Waals surface area contributed by atoms with Crippen LogP contribution in [0.4, 0.5) is 0 Å². The standard InChI is InChI=1S/C15H19N3O/c1-12(2)17-10-11-18(15(17)19)14-8-4-3-6-13(14)7-5-9-16/h3-8,10-12H,9,16H2,1-2H3/b7-5+. The lowest BCUT2D eigenvalue weighted by Gasteiger charge is -2.07. The van der Waals surface area contributed by atoms with Crippen LogP contribution in [0.2, 0.25) is 0 Å². The van der Waals surface area contributed by atoms with Crippen LogP contribution in [-0.4, -0.2) is 15.7 Å². The number of para-hydroxylation sites is 1. The molecule has 0 spiro atoms. The van der Waals surface area contributed by atoms with Gasteiger partial charge in [0.1, 0.15) is 0 Å². The summed E-state index contributed by atoms with van der Waals surface area (Å²) in [5, 5.41) is 0. The van der Waals surface area contributed by atoms with Crippen LogP contribution >= 0.6 is 0 Å². The van der Waals surface area contributed by atoms with Crippen LogP contribution in [0.25, 0.3) is 11.8 Å². The smallest absolute Gasteiger partial charge is 0.327 e. The maximum absolute atomic E-state index is 12.3. The van der Waals surface area contributed by atoms with E-state index < -0.39 is 0 Å². The average Bonchev–Trinajstić information content (AvgIpc) is 2.78. The molecule has 0 amide bonds. The maximum Gasteiger partial charge on any atom is 0.332 e. The highest BCUT2D eigenvalue weighted by atomic mass is 16.1. The Morgan fingerprint density at radius 3 is 2.63 bits per heavy atom. The van der Waals surface area contributed by atoms with Crippen molar-refractivity contribution in [2.75, 3.05) is 6.54 Å². The zero-order valence-corrected chi connectivity index (χ0v) is 11.3. The third-order valence-corrected chi connectivity index (χ3v) is 2.99. The second kappa shape index (κ2) is 5.71. The largest absolute Gasteiger partial charge is 0.332 e. The van der Waals surface area contributed by atoms with Gasteiger partial charge in [-0.15, -0.1) is 0 Å². The molecule has 19 heavy (non-hydrogen) atoms. The molecule has 0 radical (unpaired) electrons. The van der Waals surface area contributed by atoms with Crippen LogP contribution in [0, 0.1) is 0 Å². The highest BCUT2D eigenvalue weighted by molar-refractivity contribution is 5.60. The van der Waals surface area contributed by atoms with Crippen LogP contribution in [0.15, 0.2) is 47.5 Å². The van der Waals surface area contributed by atoms with E-state index >= 15 is 0 Å². The minimum Gasteiger partial charge on any atom is -0.327 e. The third kappa shape index (κ3) is 2.69. The van der Waals surface area contributed by atoms with Gasteiger partial charge in [0, 0.05) is 25.0 Å². The van der Waals surface area contributed by atoms with Crippen molar-refractivity contribution in [3.05, 3.63) is 58.8 Å². The van der Waals surface area contributed by atoms with Gasteiger partial charge in [0.2, 0.25) is 0 Å². The van der Waals surface area contributed by atoms with Gasteiger partial charge in [-0.2, -0.15) is 0 Å². The molecule has 100 valence electrons. The molecule has 0 bridgehead atoms. The van der Waals surface area contributed by atoms with E-state index in [1.807, 2.05) is 56.5 Å². The second-order valence-electron chi connectivity index (χ2n) is 4.65. The van der Waals surface area contributed by atoms with Crippen molar-refractivity contribution in [3.63, 3.8) is 0 Å². The minimum atomic E-state index is -0.0244. The summed E-state index contributed by atoms with van der Waals surface area (Å²) in [5.74, 6) is 0. The van der Waals surface area contributed by atoms with E-state index in [-0.39, 0.29) is 11.7 Å². The van der Waals surface area contributed by atoms with Gasteiger partial charge in [0.05, 0.1) is 5.69 Å². The molecular weight excluding hydrogens is 238 g/mol. The summed E-state index contributed by atoms with van der Waals surface area (Å²) in [6.45, 7) is 4.47. The summed E-state index contributed by atoms with van der Waals surface area (Å²) >= 11 is 0. The molecule has 0 aliphatic carbocycles. The van der Waals surface area contributed by atoms with Crippen LogP contribution in [0.3, 0.4) is 0 Å². The summed E-state index contributed by atoms with van der Waals surface area (Å²) in [4.78, 5) is 12.3. The van der Waals surface area contributed by atoms with Crippen molar-refractivity contribution in [3.8, 4) is 5.69 Å². The predicted molar refractivity (Wildman–Crippen MR) is 78.5 cm³/mol. The number of benzene rings is 1. The first kappa shape index (κ1) is 13.4. The zero-order chi connectivity index (χ0) is 13.8. The fourth-order valence-corrected chi connectivity index (χ4v) is 2.01. The molecule has 4 heteroatoms. The Bertz CT molecular complexity index is 635. The normalized spacial score (nSPS) is 11.6. The number of nitrogens with zero attached hydrogens (tertiary/aromatic N) is 2. The summed E-state index contributed by atoms with van der Waals surface area (Å²) < 4.78 is 3.37. The Morgan fingerprint density at radius 1 is 1.26 bits per heavy atom. The molecule has 0 saturated heterocycles. The van der Waals surface area contributed by atoms with Crippen molar-refractivity contribution in [1.29, 1.82) is 0 Å². The molecule has 0 aliphatic heterocycles. The Labute approximate surface area is 112 Å². The van der Waals surface area contributed by atoms with Crippen LogP contribution in [0.5, 0.6) is 0 Å². The molecule has 0 aliphatic rings. The van der Waals surface area contributed by atoms with Gasteiger partial charge >= 0.3 is 5.69 Å². The molecule has 0 saturated carbocycles. The number of rotatable bonds is 4. The van der Waals surface area contributed by atoms with Crippen molar-refractivity contribution in [2.45, 2.75) is 19.9 Å². The molecule has 1 heterocycles. The predicted octanol–water partition coefficient (Wildman–Crippen LogP) is 2.19. The molecule has 1 aromatic carbocycles. The van der Waals surface area contributed by atoms with Crippen molar-refractivity contribution in [2.24, 2.45) is 5.73 Å². The van der Waals surface area contributed by atoms with Gasteiger partial charge in [-0.1, -0.05) is 30.4 Å². The fourth-order valence-electron chi connectivity index (χ4n) is 2.01. The second-order valence-corrected chi connectivity index (χ2v) is 4.65. The van der Waals surface area contributed by atoms with Crippen LogP contribution in [-0.2, 0) is 0 Å². The molecule has 1 aromatic heterocycles. The highest BCUT2D eigenvalue weighted by Gasteiger charge is 2.09. The Balaban J connectivity index is 2.54. The van der Waals surface area contributed by atoms with Gasteiger partial charge in [-0.3, -0.25) is 9.13 Å². The molecule has 0 fully saturated rings. The molecule has 0 atom stereocenters. The van der Waals surface area contributed by atoms with E-state index in [1.165, 1.54) is 0 Å². The first-order valence-corrected chi connectivity index (χ1v) is 6.40. The lowest BCUT2D eigenvalue weighted by Crippen LogP contribution is -2.24. The van der Waals surface area contributed by atoms with Gasteiger partial charge in [0.25, 0.3) is 0 Å². The number of hydrogen-bond acceptors (Lipinski definition) is 2. The number of nitrogens with two attached hydrogens (primary N) is 1. The summed E-state index contributed by atoms with van der Waals surface area (Å²) in [5.41, 5.74) is 7.31. The van der Waals surface area contributed by atoms with Crippen molar-refractivity contribution in [1.82, 2.24) is 9.13 Å². The molecule has 2 aromatic rings. The molecule has 2 rings (SSSR count). The quantitative estimate of drug-likeness (QED) is 0.912. The van der Waals surface area contributed by atoms with Gasteiger partial charge in [-0.25, -0.2) is 4.79 Å². The Kier molecular flexibility index (Phi) is 4.02. The van der Waals surface area contributed by atoms with Crippen molar-refractivity contribution < 1.29 is 0 Å². The van der Waals surface area contributed by atoms with Crippen LogP contribution < -0.4 is 11.4 Å². The van der Waals surface area contributed by atoms with E-state index in [9.17, 15) is 4.79 Å². The topological polar surface area (TPSA) is 52.9 Å². The van der Waals surface area contributed by atoms with Gasteiger partial charge < -0.3 is 5.73 Å². The first-order valence-electron chi connectivity index (χ1n) is 6.40. The number of imidazole rings is 1. The molecule has 0 unspecified atom stereocenters. The van der Waals surface area contributed by atoms with E-state index in [0.717, 1.165) is 11.3 Å². The lowest BCUT2D eigenvalue weighted by molar-refractivity contribution is 0.574. The molecule has 4 nitrogen and oxygen atoms in total. The Morgan fingerprint density at radius 2 is 2.00 bits per heavy atom. The van der Waals surface area contributed by atoms with E-state index in [0.29, 0.717) is 6.54 Å². The number of aromatic nitrogens is 2. The third-order valence-electron chi connectivity index (χ3n) is 2.99. The van der Waals surface area contributed by atoms with Crippen molar-refractivity contribution >= 4 is 6.08 Å². The summed E-state index contributed by atoms with van der Waals surface area (Å²) in [6, 6.07) is 7.93. The van der Waals surface area contributed by atoms with Crippen LogP contribution in [0.1, 0.15) is 25.5 Å². The lowest BCUT2D eigenvalue weighted by atomic mass is 10.1. The molecule has 2 N–H and O–H groups in total. The summed E-state index contributed by atoms with van der Waals surface area (Å²) in [6.07, 6.45) is 7.44. The first-order chi connectivity index (χ1) is 9.15. The Hall–Kier alpha value is -2.07. The van der Waals surface area contributed by atoms with E-state index in [1.54, 1.807) is 15.3 Å². The number of hydrogen-bond donors (Lipinski definition) is 1. The van der Waals surface area contributed by atoms with E-state index in [2.05, 4.69) is 0 Å². The van der Waals surface area contributed by atoms with E-state index in [4.69, 9.17) is 5.73 Å². The summed E-state index contributed by atoms with van der Waals surface area (Å²) in [7, 11) is 0. The zero-order valence-electron chi connectivity index (χ0n) is 11.3. The average molecular weight is 257 g/mol.